The molecule has 3 heteroatoms. The Balaban J connectivity index is 4.51. The van der Waals surface area contributed by atoms with Crippen molar-refractivity contribution in [3.8, 4) is 0 Å². The lowest BCUT2D eigenvalue weighted by molar-refractivity contribution is 1.45. The zero-order valence-corrected chi connectivity index (χ0v) is 5.96. The lowest BCUT2D eigenvalue weighted by Crippen LogP contribution is -1.98. The average Bonchev–Trinajstić information content (AvgIpc) is 1.99. The maximum atomic E-state index is 6.68. The minimum Gasteiger partial charge on any atom is -0.404 e. The van der Waals surface area contributed by atoms with E-state index in [1.165, 1.54) is 6.20 Å². The van der Waals surface area contributed by atoms with Gasteiger partial charge in [0, 0.05) is 0 Å². The van der Waals surface area contributed by atoms with Crippen LogP contribution in [0.2, 0.25) is 0 Å². The van der Waals surface area contributed by atoms with Crippen molar-refractivity contribution in [2.45, 2.75) is 6.92 Å². The van der Waals surface area contributed by atoms with Gasteiger partial charge in [0.2, 0.25) is 0 Å². The fourth-order valence-corrected chi connectivity index (χ4v) is 0.470. The molecule has 0 aliphatic carbocycles. The first kappa shape index (κ1) is 8.62. The molecule has 0 saturated carbocycles. The molecule has 0 aromatic carbocycles. The molecule has 0 radical (unpaired) electrons. The Kier molecular flexibility index (Phi) is 3.87. The largest absolute Gasteiger partial charge is 0.404 e. The molecule has 0 heterocycles. The van der Waals surface area contributed by atoms with Crippen LogP contribution >= 0.6 is 0 Å². The normalized spacial score (nSPS) is 12.9. The van der Waals surface area contributed by atoms with Gasteiger partial charge in [0.1, 0.15) is 6.34 Å². The molecule has 0 saturated heterocycles. The van der Waals surface area contributed by atoms with Gasteiger partial charge >= 0.3 is 0 Å². The third-order valence-corrected chi connectivity index (χ3v) is 1.05. The third kappa shape index (κ3) is 2.26. The van der Waals surface area contributed by atoms with Crippen LogP contribution in [0.25, 0.3) is 0 Å². The van der Waals surface area contributed by atoms with Crippen molar-refractivity contribution in [1.82, 2.24) is 0 Å². The van der Waals surface area contributed by atoms with E-state index in [1.807, 2.05) is 6.92 Å². The SMILES string of the molecule is C=CC(=N/C=N)/C(C)=C/N. The number of rotatable bonds is 3. The molecule has 0 atom stereocenters. The first-order chi connectivity index (χ1) is 4.76. The molecule has 3 N–H and O–H groups in total. The first-order valence-electron chi connectivity index (χ1n) is 2.84. The van der Waals surface area contributed by atoms with Crippen LogP contribution in [-0.4, -0.2) is 12.1 Å². The van der Waals surface area contributed by atoms with Gasteiger partial charge in [0.25, 0.3) is 0 Å². The fraction of sp³-hybridized carbons (Fsp3) is 0.143. The summed E-state index contributed by atoms with van der Waals surface area (Å²) in [5.41, 5.74) is 6.67. The van der Waals surface area contributed by atoms with Crippen molar-refractivity contribution in [2.24, 2.45) is 10.7 Å². The summed E-state index contributed by atoms with van der Waals surface area (Å²) in [6, 6.07) is 0. The van der Waals surface area contributed by atoms with Crippen LogP contribution in [0.15, 0.2) is 29.4 Å². The van der Waals surface area contributed by atoms with Crippen LogP contribution in [0.5, 0.6) is 0 Å². The molecular weight excluding hydrogens is 126 g/mol. The monoisotopic (exact) mass is 137 g/mol. The predicted octanol–water partition coefficient (Wildman–Crippen LogP) is 1.08. The van der Waals surface area contributed by atoms with Gasteiger partial charge in [-0.25, -0.2) is 4.99 Å². The van der Waals surface area contributed by atoms with E-state index >= 15 is 0 Å². The molecule has 0 bridgehead atoms. The molecule has 10 heavy (non-hydrogen) atoms. The first-order valence-corrected chi connectivity index (χ1v) is 2.84. The topological polar surface area (TPSA) is 62.2 Å². The van der Waals surface area contributed by atoms with Gasteiger partial charge in [-0.05, 0) is 24.8 Å². The lowest BCUT2D eigenvalue weighted by atomic mass is 10.2. The zero-order chi connectivity index (χ0) is 7.98. The van der Waals surface area contributed by atoms with E-state index < -0.39 is 0 Å². The van der Waals surface area contributed by atoms with E-state index in [0.717, 1.165) is 11.9 Å². The molecule has 0 aromatic heterocycles. The third-order valence-electron chi connectivity index (χ3n) is 1.05. The van der Waals surface area contributed by atoms with E-state index in [4.69, 9.17) is 11.1 Å². The molecule has 0 unspecified atom stereocenters. The summed E-state index contributed by atoms with van der Waals surface area (Å²) in [7, 11) is 0. The van der Waals surface area contributed by atoms with Gasteiger partial charge in [-0.3, -0.25) is 5.41 Å². The van der Waals surface area contributed by atoms with E-state index in [2.05, 4.69) is 11.6 Å². The van der Waals surface area contributed by atoms with Crippen LogP contribution in [0.1, 0.15) is 6.92 Å². The summed E-state index contributed by atoms with van der Waals surface area (Å²) in [4.78, 5) is 3.71. The van der Waals surface area contributed by atoms with Gasteiger partial charge in [0.05, 0.1) is 5.71 Å². The van der Waals surface area contributed by atoms with E-state index in [0.29, 0.717) is 5.71 Å². The summed E-state index contributed by atoms with van der Waals surface area (Å²) in [5, 5.41) is 6.68. The Labute approximate surface area is 60.5 Å². The second-order valence-electron chi connectivity index (χ2n) is 1.70. The van der Waals surface area contributed by atoms with Crippen molar-refractivity contribution in [3.05, 3.63) is 24.4 Å². The smallest absolute Gasteiger partial charge is 0.107 e. The van der Waals surface area contributed by atoms with Crippen molar-refractivity contribution >= 4 is 12.1 Å². The molecule has 0 aromatic rings. The number of aliphatic imine (C=N–C) groups is 1. The summed E-state index contributed by atoms with van der Waals surface area (Å²) in [6.07, 6.45) is 3.96. The van der Waals surface area contributed by atoms with Crippen molar-refractivity contribution < 1.29 is 0 Å². The van der Waals surface area contributed by atoms with Crippen LogP contribution in [0.3, 0.4) is 0 Å². The number of allylic oxidation sites excluding steroid dienone is 2. The molecule has 54 valence electrons. The van der Waals surface area contributed by atoms with Crippen molar-refractivity contribution in [3.63, 3.8) is 0 Å². The highest BCUT2D eigenvalue weighted by molar-refractivity contribution is 6.10. The second kappa shape index (κ2) is 4.49. The summed E-state index contributed by atoms with van der Waals surface area (Å²) >= 11 is 0. The highest BCUT2D eigenvalue weighted by Gasteiger charge is 1.92. The Morgan fingerprint density at radius 3 is 2.60 bits per heavy atom. The zero-order valence-electron chi connectivity index (χ0n) is 5.96. The molecule has 0 fully saturated rings. The lowest BCUT2D eigenvalue weighted by Gasteiger charge is -1.95. The van der Waals surface area contributed by atoms with E-state index in [1.54, 1.807) is 6.08 Å². The van der Waals surface area contributed by atoms with Crippen molar-refractivity contribution in [1.29, 1.82) is 5.41 Å². The van der Waals surface area contributed by atoms with Crippen LogP contribution < -0.4 is 5.73 Å². The quantitative estimate of drug-likeness (QED) is 0.443. The second-order valence-corrected chi connectivity index (χ2v) is 1.70. The highest BCUT2D eigenvalue weighted by atomic mass is 14.8. The van der Waals surface area contributed by atoms with Crippen LogP contribution in [0, 0.1) is 5.41 Å². The molecule has 0 aliphatic heterocycles. The van der Waals surface area contributed by atoms with Crippen LogP contribution in [0.4, 0.5) is 0 Å². The van der Waals surface area contributed by atoms with Crippen LogP contribution in [-0.2, 0) is 0 Å². The molecule has 0 spiro atoms. The highest BCUT2D eigenvalue weighted by Crippen LogP contribution is 1.94. The minimum absolute atomic E-state index is 0.637. The molecular formula is C7H11N3. The summed E-state index contributed by atoms with van der Waals surface area (Å²) in [5.74, 6) is 0. The van der Waals surface area contributed by atoms with Gasteiger partial charge in [0.15, 0.2) is 0 Å². The maximum absolute atomic E-state index is 6.68. The predicted molar refractivity (Wildman–Crippen MR) is 44.4 cm³/mol. The number of hydrogen-bond donors (Lipinski definition) is 2. The number of nitrogens with one attached hydrogen (secondary N) is 1. The summed E-state index contributed by atoms with van der Waals surface area (Å²) in [6.45, 7) is 5.33. The van der Waals surface area contributed by atoms with E-state index in [-0.39, 0.29) is 0 Å². The molecule has 0 amide bonds. The van der Waals surface area contributed by atoms with Gasteiger partial charge in [-0.2, -0.15) is 0 Å². The number of hydrogen-bond acceptors (Lipinski definition) is 2. The fourth-order valence-electron chi connectivity index (χ4n) is 0.470. The summed E-state index contributed by atoms with van der Waals surface area (Å²) < 4.78 is 0. The van der Waals surface area contributed by atoms with Gasteiger partial charge in [-0.15, -0.1) is 0 Å². The minimum atomic E-state index is 0.637. The van der Waals surface area contributed by atoms with Gasteiger partial charge < -0.3 is 5.73 Å². The molecule has 3 nitrogen and oxygen atoms in total. The molecule has 0 rings (SSSR count). The average molecular weight is 137 g/mol. The Hall–Kier alpha value is -1.38. The Morgan fingerprint density at radius 1 is 1.70 bits per heavy atom. The maximum Gasteiger partial charge on any atom is 0.107 e. The van der Waals surface area contributed by atoms with Crippen molar-refractivity contribution in [2.75, 3.05) is 0 Å². The number of nitrogens with two attached hydrogens (primary N) is 1. The Bertz CT molecular complexity index is 189. The number of nitrogens with zero attached hydrogens (tertiary/aromatic N) is 1. The standard InChI is InChI=1S/C7H11N3/c1-3-7(10-5-9)6(2)4-8/h3-5,9H,1,8H2,2H3/b6-4+,9-5?,10-7-. The van der Waals surface area contributed by atoms with Gasteiger partial charge in [-0.1, -0.05) is 6.58 Å². The Morgan fingerprint density at radius 2 is 2.30 bits per heavy atom. The molecule has 0 aliphatic rings. The van der Waals surface area contributed by atoms with E-state index in [9.17, 15) is 0 Å².